The van der Waals surface area contributed by atoms with Crippen LogP contribution in [-0.4, -0.2) is 24.5 Å². The fourth-order valence-electron chi connectivity index (χ4n) is 3.14. The number of nitrogens with zero attached hydrogens (tertiary/aromatic N) is 1. The lowest BCUT2D eigenvalue weighted by Gasteiger charge is -2.38. The van der Waals surface area contributed by atoms with Crippen LogP contribution in [0.1, 0.15) is 38.3 Å². The third kappa shape index (κ3) is 3.36. The predicted molar refractivity (Wildman–Crippen MR) is 77.3 cm³/mol. The summed E-state index contributed by atoms with van der Waals surface area (Å²) in [7, 11) is 0. The number of hydrogen-bond donors (Lipinski definition) is 1. The van der Waals surface area contributed by atoms with E-state index in [-0.39, 0.29) is 11.9 Å². The first-order valence-electron chi connectivity index (χ1n) is 7.42. The molecule has 0 radical (unpaired) electrons. The van der Waals surface area contributed by atoms with Crippen molar-refractivity contribution in [1.29, 1.82) is 0 Å². The van der Waals surface area contributed by atoms with Gasteiger partial charge in [-0.1, -0.05) is 13.8 Å². The van der Waals surface area contributed by atoms with Crippen LogP contribution in [0.5, 0.6) is 0 Å². The lowest BCUT2D eigenvalue weighted by Crippen LogP contribution is -2.41. The first-order chi connectivity index (χ1) is 9.52. The molecule has 1 aliphatic rings. The summed E-state index contributed by atoms with van der Waals surface area (Å²) in [5, 5.41) is 0. The Morgan fingerprint density at radius 3 is 2.45 bits per heavy atom. The summed E-state index contributed by atoms with van der Waals surface area (Å²) in [5.41, 5.74) is 6.20. The van der Waals surface area contributed by atoms with E-state index in [0.29, 0.717) is 18.0 Å². The van der Waals surface area contributed by atoms with Crippen molar-refractivity contribution in [3.63, 3.8) is 0 Å². The van der Waals surface area contributed by atoms with E-state index in [0.717, 1.165) is 37.9 Å². The highest BCUT2D eigenvalue weighted by Gasteiger charge is 2.28. The molecule has 0 bridgehead atoms. The van der Waals surface area contributed by atoms with E-state index >= 15 is 0 Å². The second-order valence-electron chi connectivity index (χ2n) is 6.03. The van der Waals surface area contributed by atoms with Gasteiger partial charge in [-0.05, 0) is 56.0 Å². The Morgan fingerprint density at radius 1 is 1.25 bits per heavy atom. The molecule has 1 atom stereocenters. The third-order valence-corrected chi connectivity index (χ3v) is 4.50. The maximum Gasteiger partial charge on any atom is 0.128 e. The summed E-state index contributed by atoms with van der Waals surface area (Å²) in [6.45, 7) is 6.61. The smallest absolute Gasteiger partial charge is 0.128 e. The average Bonchev–Trinajstić information content (AvgIpc) is 2.44. The number of hydrogen-bond acceptors (Lipinski definition) is 2. The normalized spacial score (nSPS) is 19.5. The first-order valence-corrected chi connectivity index (χ1v) is 7.42. The van der Waals surface area contributed by atoms with Gasteiger partial charge in [0.1, 0.15) is 11.6 Å². The monoisotopic (exact) mass is 282 g/mol. The molecule has 0 amide bonds. The minimum Gasteiger partial charge on any atom is -0.329 e. The van der Waals surface area contributed by atoms with Crippen molar-refractivity contribution in [1.82, 2.24) is 4.90 Å². The maximum atomic E-state index is 13.9. The van der Waals surface area contributed by atoms with E-state index in [1.165, 1.54) is 12.1 Å². The molecule has 4 heteroatoms. The molecule has 2 N–H and O–H groups in total. The molecular formula is C16H24F2N2. The molecule has 112 valence electrons. The van der Waals surface area contributed by atoms with Crippen molar-refractivity contribution in [2.45, 2.75) is 32.7 Å². The predicted octanol–water partition coefficient (Wildman–Crippen LogP) is 3.33. The van der Waals surface area contributed by atoms with Crippen molar-refractivity contribution < 1.29 is 8.78 Å². The van der Waals surface area contributed by atoms with Crippen LogP contribution in [0.2, 0.25) is 0 Å². The van der Waals surface area contributed by atoms with Gasteiger partial charge in [-0.2, -0.15) is 0 Å². The molecular weight excluding hydrogens is 258 g/mol. The number of halogens is 2. The largest absolute Gasteiger partial charge is 0.329 e. The molecule has 0 aliphatic carbocycles. The highest BCUT2D eigenvalue weighted by atomic mass is 19.1. The molecule has 1 heterocycles. The van der Waals surface area contributed by atoms with Crippen LogP contribution in [0.25, 0.3) is 0 Å². The quantitative estimate of drug-likeness (QED) is 0.918. The van der Waals surface area contributed by atoms with Gasteiger partial charge in [0.05, 0.1) is 0 Å². The van der Waals surface area contributed by atoms with Gasteiger partial charge < -0.3 is 5.73 Å². The Morgan fingerprint density at radius 2 is 1.90 bits per heavy atom. The third-order valence-electron chi connectivity index (χ3n) is 4.50. The van der Waals surface area contributed by atoms with E-state index in [4.69, 9.17) is 5.73 Å². The van der Waals surface area contributed by atoms with Crippen molar-refractivity contribution in [3.05, 3.63) is 35.4 Å². The van der Waals surface area contributed by atoms with Gasteiger partial charge in [-0.3, -0.25) is 4.90 Å². The summed E-state index contributed by atoms with van der Waals surface area (Å²) in [6.07, 6.45) is 2.20. The zero-order valence-corrected chi connectivity index (χ0v) is 12.3. The van der Waals surface area contributed by atoms with E-state index in [1.807, 2.05) is 0 Å². The van der Waals surface area contributed by atoms with Crippen LogP contribution in [0.15, 0.2) is 18.2 Å². The van der Waals surface area contributed by atoms with Gasteiger partial charge in [-0.15, -0.1) is 0 Å². The Bertz CT molecular complexity index is 440. The van der Waals surface area contributed by atoms with Crippen LogP contribution in [0.3, 0.4) is 0 Å². The van der Waals surface area contributed by atoms with E-state index in [9.17, 15) is 8.78 Å². The lowest BCUT2D eigenvalue weighted by molar-refractivity contribution is 0.115. The number of rotatable bonds is 4. The number of benzene rings is 1. The molecule has 20 heavy (non-hydrogen) atoms. The molecule has 0 spiro atoms. The molecule has 0 aromatic heterocycles. The average molecular weight is 282 g/mol. The zero-order valence-electron chi connectivity index (χ0n) is 12.3. The summed E-state index contributed by atoms with van der Waals surface area (Å²) in [6, 6.07) is 3.39. The zero-order chi connectivity index (χ0) is 14.7. The van der Waals surface area contributed by atoms with Crippen LogP contribution >= 0.6 is 0 Å². The Kier molecular flexibility index (Phi) is 5.11. The molecule has 1 unspecified atom stereocenters. The SMILES string of the molecule is CC(C)C1CCN(C(CN)c2cc(F)ccc2F)CC1. The number of likely N-dealkylation sites (tertiary alicyclic amines) is 1. The molecule has 1 aromatic rings. The Hall–Kier alpha value is -1.00. The van der Waals surface area contributed by atoms with Crippen molar-refractivity contribution in [2.24, 2.45) is 17.6 Å². The highest BCUT2D eigenvalue weighted by Crippen LogP contribution is 2.30. The molecule has 1 aliphatic heterocycles. The van der Waals surface area contributed by atoms with Gasteiger partial charge >= 0.3 is 0 Å². The van der Waals surface area contributed by atoms with Crippen molar-refractivity contribution in [2.75, 3.05) is 19.6 Å². The minimum atomic E-state index is -0.406. The number of piperidine rings is 1. The van der Waals surface area contributed by atoms with Gasteiger partial charge in [0.15, 0.2) is 0 Å². The minimum absolute atomic E-state index is 0.223. The van der Waals surface area contributed by atoms with Gasteiger partial charge in [0.2, 0.25) is 0 Å². The van der Waals surface area contributed by atoms with E-state index in [2.05, 4.69) is 18.7 Å². The fourth-order valence-corrected chi connectivity index (χ4v) is 3.14. The van der Waals surface area contributed by atoms with Crippen molar-refractivity contribution >= 4 is 0 Å². The lowest BCUT2D eigenvalue weighted by atomic mass is 9.86. The topological polar surface area (TPSA) is 29.3 Å². The van der Waals surface area contributed by atoms with Gasteiger partial charge in [0.25, 0.3) is 0 Å². The summed E-state index contributed by atoms with van der Waals surface area (Å²) in [5.74, 6) is 0.631. The Balaban J connectivity index is 2.11. The number of nitrogens with two attached hydrogens (primary N) is 1. The maximum absolute atomic E-state index is 13.9. The van der Waals surface area contributed by atoms with Crippen molar-refractivity contribution in [3.8, 4) is 0 Å². The molecule has 2 nitrogen and oxygen atoms in total. The van der Waals surface area contributed by atoms with Crippen LogP contribution in [0.4, 0.5) is 8.78 Å². The van der Waals surface area contributed by atoms with Gasteiger partial charge in [0, 0.05) is 18.2 Å². The summed E-state index contributed by atoms with van der Waals surface area (Å²) in [4.78, 5) is 2.19. The summed E-state index contributed by atoms with van der Waals surface area (Å²) >= 11 is 0. The standard InChI is InChI=1S/C16H24F2N2/c1-11(2)12-5-7-20(8-6-12)16(10-19)14-9-13(17)3-4-15(14)18/h3-4,9,11-12,16H,5-8,10,19H2,1-2H3. The second-order valence-corrected chi connectivity index (χ2v) is 6.03. The Labute approximate surface area is 120 Å². The van der Waals surface area contributed by atoms with Crippen LogP contribution < -0.4 is 5.73 Å². The molecule has 0 saturated carbocycles. The fraction of sp³-hybridized carbons (Fsp3) is 0.625. The highest BCUT2D eigenvalue weighted by molar-refractivity contribution is 5.23. The summed E-state index contributed by atoms with van der Waals surface area (Å²) < 4.78 is 27.3. The first kappa shape index (κ1) is 15.4. The molecule has 2 rings (SSSR count). The molecule has 1 saturated heterocycles. The van der Waals surface area contributed by atoms with Crippen LogP contribution in [0, 0.1) is 23.5 Å². The molecule has 1 aromatic carbocycles. The van der Waals surface area contributed by atoms with E-state index in [1.54, 1.807) is 0 Å². The van der Waals surface area contributed by atoms with E-state index < -0.39 is 5.82 Å². The van der Waals surface area contributed by atoms with Crippen LogP contribution in [-0.2, 0) is 0 Å². The molecule has 1 fully saturated rings. The van der Waals surface area contributed by atoms with Gasteiger partial charge in [-0.25, -0.2) is 8.78 Å². The second kappa shape index (κ2) is 6.64.